The lowest BCUT2D eigenvalue weighted by molar-refractivity contribution is -0.125. The van der Waals surface area contributed by atoms with E-state index in [4.69, 9.17) is 4.74 Å². The van der Waals surface area contributed by atoms with Gasteiger partial charge in [0.05, 0.1) is 19.1 Å². The van der Waals surface area contributed by atoms with E-state index in [0.717, 1.165) is 44.8 Å². The van der Waals surface area contributed by atoms with Crippen LogP contribution in [-0.2, 0) is 11.2 Å². The number of methoxy groups -OCH3 is 1. The lowest BCUT2D eigenvalue weighted by Gasteiger charge is -2.49. The van der Waals surface area contributed by atoms with Crippen molar-refractivity contribution in [2.75, 3.05) is 43.1 Å². The number of hydrogen-bond acceptors (Lipinski definition) is 4. The normalized spacial score (nSPS) is 20.5. The summed E-state index contributed by atoms with van der Waals surface area (Å²) in [6.45, 7) is 7.85. The van der Waals surface area contributed by atoms with Crippen LogP contribution >= 0.6 is 0 Å². The standard InChI is InChI=1S/C25H33N3O2/c1-18(2)12-13-26-25(29)22-16-19-6-4-5-7-23(19)28-15-14-27(17-24(22)28)20-8-10-21(30-3)11-9-20/h4-11,18,22,24H,12-17H2,1-3H3,(H,26,29)/t22-,24+/m1/s1. The zero-order valence-corrected chi connectivity index (χ0v) is 18.3. The van der Waals surface area contributed by atoms with Gasteiger partial charge in [0.25, 0.3) is 0 Å². The van der Waals surface area contributed by atoms with E-state index in [1.807, 2.05) is 12.1 Å². The number of nitrogens with one attached hydrogen (secondary N) is 1. The third-order valence-electron chi connectivity index (χ3n) is 6.42. The van der Waals surface area contributed by atoms with Crippen molar-refractivity contribution in [3.05, 3.63) is 54.1 Å². The van der Waals surface area contributed by atoms with Crippen molar-refractivity contribution in [1.82, 2.24) is 5.32 Å². The number of carbonyl (C=O) groups is 1. The minimum Gasteiger partial charge on any atom is -0.497 e. The number of fused-ring (bicyclic) bond motifs is 3. The minimum atomic E-state index is -0.0342. The van der Waals surface area contributed by atoms with Crippen LogP contribution < -0.4 is 19.9 Å². The van der Waals surface area contributed by atoms with Crippen LogP contribution in [0, 0.1) is 11.8 Å². The van der Waals surface area contributed by atoms with E-state index in [0.29, 0.717) is 5.92 Å². The Kier molecular flexibility index (Phi) is 6.16. The lowest BCUT2D eigenvalue weighted by atomic mass is 9.83. The van der Waals surface area contributed by atoms with E-state index in [9.17, 15) is 4.79 Å². The Balaban J connectivity index is 1.56. The van der Waals surface area contributed by atoms with E-state index in [2.05, 4.69) is 65.4 Å². The number of carbonyl (C=O) groups excluding carboxylic acids is 1. The molecule has 2 aliphatic heterocycles. The second-order valence-corrected chi connectivity index (χ2v) is 8.82. The molecule has 160 valence electrons. The average molecular weight is 408 g/mol. The predicted molar refractivity (Wildman–Crippen MR) is 122 cm³/mol. The van der Waals surface area contributed by atoms with Gasteiger partial charge in [-0.05, 0) is 54.7 Å². The summed E-state index contributed by atoms with van der Waals surface area (Å²) in [5.74, 6) is 1.62. The summed E-state index contributed by atoms with van der Waals surface area (Å²) in [4.78, 5) is 18.1. The predicted octanol–water partition coefficient (Wildman–Crippen LogP) is 3.73. The van der Waals surface area contributed by atoms with Crippen molar-refractivity contribution in [3.63, 3.8) is 0 Å². The molecule has 1 N–H and O–H groups in total. The molecule has 2 aromatic carbocycles. The van der Waals surface area contributed by atoms with Gasteiger partial charge < -0.3 is 19.9 Å². The monoisotopic (exact) mass is 407 g/mol. The Morgan fingerprint density at radius 3 is 2.63 bits per heavy atom. The summed E-state index contributed by atoms with van der Waals surface area (Å²) in [6, 6.07) is 17.0. The molecule has 2 aliphatic rings. The van der Waals surface area contributed by atoms with Crippen LogP contribution in [0.4, 0.5) is 11.4 Å². The van der Waals surface area contributed by atoms with Gasteiger partial charge in [-0.15, -0.1) is 0 Å². The molecule has 1 amide bonds. The van der Waals surface area contributed by atoms with Crippen molar-refractivity contribution >= 4 is 17.3 Å². The second kappa shape index (κ2) is 8.99. The van der Waals surface area contributed by atoms with Gasteiger partial charge in [-0.25, -0.2) is 0 Å². The van der Waals surface area contributed by atoms with Crippen LogP contribution in [0.25, 0.3) is 0 Å². The number of hydrogen-bond donors (Lipinski definition) is 1. The van der Waals surface area contributed by atoms with E-state index in [1.165, 1.54) is 16.9 Å². The molecule has 30 heavy (non-hydrogen) atoms. The van der Waals surface area contributed by atoms with Crippen LogP contribution in [0.2, 0.25) is 0 Å². The van der Waals surface area contributed by atoms with E-state index < -0.39 is 0 Å². The maximum absolute atomic E-state index is 13.2. The molecule has 2 atom stereocenters. The van der Waals surface area contributed by atoms with Gasteiger partial charge in [-0.1, -0.05) is 32.0 Å². The van der Waals surface area contributed by atoms with Crippen molar-refractivity contribution in [2.24, 2.45) is 11.8 Å². The number of piperazine rings is 1. The van der Waals surface area contributed by atoms with Gasteiger partial charge in [0, 0.05) is 37.6 Å². The molecule has 2 aromatic rings. The van der Waals surface area contributed by atoms with E-state index >= 15 is 0 Å². The third kappa shape index (κ3) is 4.25. The minimum absolute atomic E-state index is 0.0342. The number of anilines is 2. The van der Waals surface area contributed by atoms with Gasteiger partial charge in [0.15, 0.2) is 0 Å². The molecule has 0 radical (unpaired) electrons. The van der Waals surface area contributed by atoms with Crippen molar-refractivity contribution in [3.8, 4) is 5.75 Å². The SMILES string of the molecule is COc1ccc(N2CCN3c4ccccc4C[C@@H](C(=O)NCCC(C)C)[C@@H]3C2)cc1. The van der Waals surface area contributed by atoms with E-state index in [-0.39, 0.29) is 17.9 Å². The van der Waals surface area contributed by atoms with Gasteiger partial charge in [-0.3, -0.25) is 4.79 Å². The molecule has 0 aromatic heterocycles. The molecule has 5 nitrogen and oxygen atoms in total. The summed E-state index contributed by atoms with van der Waals surface area (Å²) < 4.78 is 5.30. The Morgan fingerprint density at radius 1 is 1.13 bits per heavy atom. The Morgan fingerprint density at radius 2 is 1.90 bits per heavy atom. The highest BCUT2D eigenvalue weighted by molar-refractivity contribution is 5.82. The largest absolute Gasteiger partial charge is 0.497 e. The zero-order valence-electron chi connectivity index (χ0n) is 18.3. The first-order valence-electron chi connectivity index (χ1n) is 11.1. The summed E-state index contributed by atoms with van der Waals surface area (Å²) in [7, 11) is 1.69. The summed E-state index contributed by atoms with van der Waals surface area (Å²) in [5, 5.41) is 3.22. The maximum atomic E-state index is 13.2. The quantitative estimate of drug-likeness (QED) is 0.793. The number of amides is 1. The van der Waals surface area contributed by atoms with Crippen molar-refractivity contribution in [1.29, 1.82) is 0 Å². The first-order valence-corrected chi connectivity index (χ1v) is 11.1. The van der Waals surface area contributed by atoms with Crippen LogP contribution in [0.1, 0.15) is 25.8 Å². The highest BCUT2D eigenvalue weighted by Crippen LogP contribution is 2.37. The number of nitrogens with zero attached hydrogens (tertiary/aromatic N) is 2. The van der Waals surface area contributed by atoms with Crippen molar-refractivity contribution in [2.45, 2.75) is 32.7 Å². The molecule has 0 spiro atoms. The smallest absolute Gasteiger partial charge is 0.225 e. The van der Waals surface area contributed by atoms with Gasteiger partial charge >= 0.3 is 0 Å². The van der Waals surface area contributed by atoms with Crippen LogP contribution in [0.3, 0.4) is 0 Å². The lowest BCUT2D eigenvalue weighted by Crippen LogP contribution is -2.61. The van der Waals surface area contributed by atoms with Gasteiger partial charge in [0.1, 0.15) is 5.75 Å². The van der Waals surface area contributed by atoms with Crippen LogP contribution in [0.5, 0.6) is 5.75 Å². The fraction of sp³-hybridized carbons (Fsp3) is 0.480. The maximum Gasteiger partial charge on any atom is 0.225 e. The Labute approximate surface area is 180 Å². The number of benzene rings is 2. The summed E-state index contributed by atoms with van der Waals surface area (Å²) >= 11 is 0. The zero-order chi connectivity index (χ0) is 21.1. The van der Waals surface area contributed by atoms with E-state index in [1.54, 1.807) is 7.11 Å². The summed E-state index contributed by atoms with van der Waals surface area (Å²) in [6.07, 6.45) is 1.82. The molecule has 0 unspecified atom stereocenters. The molecule has 0 bridgehead atoms. The first kappa shape index (κ1) is 20.6. The molecule has 0 saturated carbocycles. The van der Waals surface area contributed by atoms with Crippen LogP contribution in [-0.4, -0.2) is 45.2 Å². The number of rotatable bonds is 6. The topological polar surface area (TPSA) is 44.8 Å². The molecule has 4 rings (SSSR count). The highest BCUT2D eigenvalue weighted by atomic mass is 16.5. The molecule has 0 aliphatic carbocycles. The Bertz CT molecular complexity index is 865. The van der Waals surface area contributed by atoms with Gasteiger partial charge in [-0.2, -0.15) is 0 Å². The number of ether oxygens (including phenoxy) is 1. The molecule has 5 heteroatoms. The highest BCUT2D eigenvalue weighted by Gasteiger charge is 2.41. The first-order chi connectivity index (χ1) is 14.6. The fourth-order valence-corrected chi connectivity index (χ4v) is 4.70. The molecule has 1 fully saturated rings. The summed E-state index contributed by atoms with van der Waals surface area (Å²) in [5.41, 5.74) is 3.77. The molecule has 2 heterocycles. The molecular formula is C25H33N3O2. The second-order valence-electron chi connectivity index (χ2n) is 8.82. The fourth-order valence-electron chi connectivity index (χ4n) is 4.70. The Hall–Kier alpha value is -2.69. The van der Waals surface area contributed by atoms with Crippen molar-refractivity contribution < 1.29 is 9.53 Å². The molecular weight excluding hydrogens is 374 g/mol. The number of para-hydroxylation sites is 1. The third-order valence-corrected chi connectivity index (χ3v) is 6.42. The molecule has 1 saturated heterocycles. The van der Waals surface area contributed by atoms with Crippen LogP contribution in [0.15, 0.2) is 48.5 Å². The average Bonchev–Trinajstić information content (AvgIpc) is 2.78. The van der Waals surface area contributed by atoms with Gasteiger partial charge in [0.2, 0.25) is 5.91 Å².